The molecule has 2 aromatic rings. The van der Waals surface area contributed by atoms with Crippen LogP contribution >= 0.6 is 0 Å². The van der Waals surface area contributed by atoms with Gasteiger partial charge in [-0.15, -0.1) is 0 Å². The normalized spacial score (nSPS) is 19.1. The van der Waals surface area contributed by atoms with Crippen molar-refractivity contribution in [1.82, 2.24) is 20.3 Å². The van der Waals surface area contributed by atoms with E-state index in [4.69, 9.17) is 20.2 Å². The van der Waals surface area contributed by atoms with E-state index >= 15 is 0 Å². The summed E-state index contributed by atoms with van der Waals surface area (Å²) in [6.45, 7) is 7.04. The average Bonchev–Trinajstić information content (AvgIpc) is 3.02. The van der Waals surface area contributed by atoms with Gasteiger partial charge in [0.1, 0.15) is 0 Å². The molecule has 238 valence electrons. The fraction of sp³-hybridized carbons (Fsp3) is 0.688. The van der Waals surface area contributed by atoms with E-state index in [1.807, 2.05) is 24.3 Å². The molecular weight excluding hydrogens is 544 g/mol. The summed E-state index contributed by atoms with van der Waals surface area (Å²) in [5.41, 5.74) is 7.16. The van der Waals surface area contributed by atoms with Gasteiger partial charge in [0.25, 0.3) is 0 Å². The lowest BCUT2D eigenvalue weighted by Crippen LogP contribution is -2.29. The Balaban J connectivity index is 1.27. The van der Waals surface area contributed by atoms with Crippen LogP contribution in [0.15, 0.2) is 24.3 Å². The number of amides is 1. The van der Waals surface area contributed by atoms with Gasteiger partial charge in [-0.05, 0) is 61.1 Å². The van der Waals surface area contributed by atoms with Crippen LogP contribution in [-0.2, 0) is 20.7 Å². The maximum Gasteiger partial charge on any atom is 0.233 e. The van der Waals surface area contributed by atoms with Crippen molar-refractivity contribution in [2.75, 3.05) is 68.6 Å². The summed E-state index contributed by atoms with van der Waals surface area (Å²) in [6.07, 6.45) is 11.9. The lowest BCUT2D eigenvalue weighted by Gasteiger charge is -2.26. The third-order valence-electron chi connectivity index (χ3n) is 8.37. The lowest BCUT2D eigenvalue weighted by atomic mass is 9.83. The molecule has 43 heavy (non-hydrogen) atoms. The van der Waals surface area contributed by atoms with E-state index < -0.39 is 0 Å². The van der Waals surface area contributed by atoms with Crippen LogP contribution in [0.5, 0.6) is 0 Å². The van der Waals surface area contributed by atoms with E-state index in [1.54, 1.807) is 0 Å². The van der Waals surface area contributed by atoms with E-state index in [0.29, 0.717) is 75.6 Å². The molecule has 6 N–H and O–H groups in total. The first-order valence-electron chi connectivity index (χ1n) is 16.3. The van der Waals surface area contributed by atoms with Crippen molar-refractivity contribution in [2.45, 2.75) is 71.1 Å². The van der Waals surface area contributed by atoms with Crippen LogP contribution in [-0.4, -0.2) is 73.5 Å². The van der Waals surface area contributed by atoms with Crippen LogP contribution in [0.2, 0.25) is 0 Å². The fourth-order valence-electron chi connectivity index (χ4n) is 5.74. The van der Waals surface area contributed by atoms with Crippen molar-refractivity contribution < 1.29 is 14.3 Å². The van der Waals surface area contributed by atoms with Crippen LogP contribution in [0, 0.1) is 17.8 Å². The zero-order chi connectivity index (χ0) is 30.1. The molecule has 2 saturated carbocycles. The van der Waals surface area contributed by atoms with Crippen molar-refractivity contribution in [3.05, 3.63) is 29.8 Å². The number of carbonyl (C=O) groups excluding carboxylic acids is 1. The summed E-state index contributed by atoms with van der Waals surface area (Å²) in [7, 11) is 0. The molecule has 1 heterocycles. The molecule has 2 aliphatic carbocycles. The molecule has 0 atom stereocenters. The highest BCUT2D eigenvalue weighted by Gasteiger charge is 2.19. The van der Waals surface area contributed by atoms with Crippen LogP contribution in [0.4, 0.5) is 23.5 Å². The lowest BCUT2D eigenvalue weighted by molar-refractivity contribution is -0.120. The molecule has 4 rings (SSSR count). The van der Waals surface area contributed by atoms with Gasteiger partial charge in [0.2, 0.25) is 23.8 Å². The molecule has 0 spiro atoms. The van der Waals surface area contributed by atoms with Crippen LogP contribution < -0.4 is 27.0 Å². The highest BCUT2D eigenvalue weighted by atomic mass is 16.5. The number of anilines is 4. The Labute approximate surface area is 256 Å². The summed E-state index contributed by atoms with van der Waals surface area (Å²) in [5.74, 6) is 3.81. The molecular formula is C32H52N8O3. The number of hydrogen-bond donors (Lipinski definition) is 5. The predicted octanol–water partition coefficient (Wildman–Crippen LogP) is 4.50. The zero-order valence-electron chi connectivity index (χ0n) is 25.9. The summed E-state index contributed by atoms with van der Waals surface area (Å²) in [6, 6.07) is 7.78. The maximum absolute atomic E-state index is 12.3. The third-order valence-corrected chi connectivity index (χ3v) is 8.37. The third kappa shape index (κ3) is 12.6. The number of nitrogens with two attached hydrogens (primary N) is 1. The second-order valence-electron chi connectivity index (χ2n) is 12.1. The van der Waals surface area contributed by atoms with Crippen molar-refractivity contribution in [1.29, 1.82) is 0 Å². The SMILES string of the molecule is CC1CCC(CNc2nc(NCC3CCCCC3)nc(Nc3ccc(CC(=O)NCCOCCOCCN)cc3)n2)CC1. The van der Waals surface area contributed by atoms with E-state index in [-0.39, 0.29) is 5.91 Å². The Morgan fingerprint density at radius 1 is 0.791 bits per heavy atom. The van der Waals surface area contributed by atoms with Crippen molar-refractivity contribution in [2.24, 2.45) is 23.5 Å². The topological polar surface area (TPSA) is 148 Å². The fourth-order valence-corrected chi connectivity index (χ4v) is 5.74. The average molecular weight is 597 g/mol. The van der Waals surface area contributed by atoms with Gasteiger partial charge in [0.15, 0.2) is 0 Å². The predicted molar refractivity (Wildman–Crippen MR) is 172 cm³/mol. The second kappa shape index (κ2) is 18.6. The Morgan fingerprint density at radius 3 is 2.05 bits per heavy atom. The van der Waals surface area contributed by atoms with Crippen molar-refractivity contribution >= 4 is 29.4 Å². The minimum atomic E-state index is -0.0435. The quantitative estimate of drug-likeness (QED) is 0.156. The Kier molecular flexibility index (Phi) is 14.2. The van der Waals surface area contributed by atoms with Crippen LogP contribution in [0.1, 0.15) is 70.3 Å². The van der Waals surface area contributed by atoms with E-state index in [1.165, 1.54) is 57.8 Å². The first kappa shape index (κ1) is 32.9. The van der Waals surface area contributed by atoms with Crippen LogP contribution in [0.3, 0.4) is 0 Å². The number of rotatable bonds is 18. The van der Waals surface area contributed by atoms with Crippen molar-refractivity contribution in [3.8, 4) is 0 Å². The molecule has 0 aliphatic heterocycles. The van der Waals surface area contributed by atoms with Gasteiger partial charge >= 0.3 is 0 Å². The van der Waals surface area contributed by atoms with Crippen LogP contribution in [0.25, 0.3) is 0 Å². The number of benzene rings is 1. The molecule has 11 heteroatoms. The van der Waals surface area contributed by atoms with E-state index in [9.17, 15) is 4.79 Å². The molecule has 11 nitrogen and oxygen atoms in total. The Bertz CT molecular complexity index is 1070. The molecule has 0 bridgehead atoms. The Morgan fingerprint density at radius 2 is 1.40 bits per heavy atom. The van der Waals surface area contributed by atoms with Gasteiger partial charge in [0, 0.05) is 31.9 Å². The zero-order valence-corrected chi connectivity index (χ0v) is 25.9. The van der Waals surface area contributed by atoms with Gasteiger partial charge in [-0.2, -0.15) is 15.0 Å². The number of ether oxygens (including phenoxy) is 2. The number of hydrogen-bond acceptors (Lipinski definition) is 10. The maximum atomic E-state index is 12.3. The minimum absolute atomic E-state index is 0.0435. The summed E-state index contributed by atoms with van der Waals surface area (Å²) in [5, 5.41) is 13.2. The molecule has 2 aliphatic rings. The smallest absolute Gasteiger partial charge is 0.233 e. The number of nitrogens with one attached hydrogen (secondary N) is 4. The van der Waals surface area contributed by atoms with Gasteiger partial charge in [-0.1, -0.05) is 51.2 Å². The highest BCUT2D eigenvalue weighted by Crippen LogP contribution is 2.28. The van der Waals surface area contributed by atoms with E-state index in [2.05, 4.69) is 38.2 Å². The molecule has 1 aromatic carbocycles. The molecule has 2 fully saturated rings. The van der Waals surface area contributed by atoms with Crippen molar-refractivity contribution in [3.63, 3.8) is 0 Å². The van der Waals surface area contributed by atoms with Gasteiger partial charge in [0.05, 0.1) is 32.8 Å². The summed E-state index contributed by atoms with van der Waals surface area (Å²) < 4.78 is 10.7. The van der Waals surface area contributed by atoms with Gasteiger partial charge in [-0.25, -0.2) is 0 Å². The highest BCUT2D eigenvalue weighted by molar-refractivity contribution is 5.78. The Hall–Kier alpha value is -3.02. The largest absolute Gasteiger partial charge is 0.378 e. The second-order valence-corrected chi connectivity index (χ2v) is 12.1. The summed E-state index contributed by atoms with van der Waals surface area (Å²) >= 11 is 0. The summed E-state index contributed by atoms with van der Waals surface area (Å²) in [4.78, 5) is 26.4. The number of aromatic nitrogens is 3. The number of carbonyl (C=O) groups is 1. The van der Waals surface area contributed by atoms with E-state index in [0.717, 1.165) is 30.3 Å². The monoisotopic (exact) mass is 596 g/mol. The standard InChI is InChI=1S/C32H52N8O3/c1-24-7-9-27(10-8-24)23-36-31-38-30(35-22-26-5-3-2-4-6-26)39-32(40-31)37-28-13-11-25(12-14-28)21-29(41)34-16-18-43-20-19-42-17-15-33/h11-14,24,26-27H,2-10,15-23,33H2,1H3,(H,34,41)(H3,35,36,37,38,39,40). The molecule has 1 aromatic heterocycles. The first-order chi connectivity index (χ1) is 21.1. The minimum Gasteiger partial charge on any atom is -0.378 e. The molecule has 0 saturated heterocycles. The van der Waals surface area contributed by atoms with Gasteiger partial charge < -0.3 is 36.5 Å². The van der Waals surface area contributed by atoms with Gasteiger partial charge in [-0.3, -0.25) is 4.79 Å². The number of nitrogens with zero attached hydrogens (tertiary/aromatic N) is 3. The molecule has 0 unspecified atom stereocenters. The molecule has 0 radical (unpaired) electrons. The first-order valence-corrected chi connectivity index (χ1v) is 16.3. The molecule has 1 amide bonds.